The highest BCUT2D eigenvalue weighted by Gasteiger charge is 2.13. The highest BCUT2D eigenvalue weighted by molar-refractivity contribution is 6.31. The highest BCUT2D eigenvalue weighted by atomic mass is 35.5. The number of hydrogen-bond acceptors (Lipinski definition) is 2. The van der Waals surface area contributed by atoms with E-state index in [0.29, 0.717) is 22.9 Å². The third-order valence-electron chi connectivity index (χ3n) is 2.89. The monoisotopic (exact) mass is 278 g/mol. The van der Waals surface area contributed by atoms with Crippen LogP contribution < -0.4 is 5.32 Å². The van der Waals surface area contributed by atoms with Crippen LogP contribution in [0.2, 0.25) is 5.02 Å². The smallest absolute Gasteiger partial charge is 0.272 e. The molecule has 1 aromatic heterocycles. The minimum Gasteiger partial charge on any atom is -0.508 e. The average Bonchev–Trinajstić information content (AvgIpc) is 2.74. The summed E-state index contributed by atoms with van der Waals surface area (Å²) < 4.78 is 1.79. The standard InChI is InChI=1S/C14H15ClN2O2/c1-3-17-8-10(15)7-13(17)14(19)16-12-5-4-11(18)6-9(12)2/h4-8,18H,3H2,1-2H3,(H,16,19). The van der Waals surface area contributed by atoms with Crippen molar-refractivity contribution in [3.05, 3.63) is 46.7 Å². The number of benzene rings is 1. The summed E-state index contributed by atoms with van der Waals surface area (Å²) in [7, 11) is 0. The van der Waals surface area contributed by atoms with Gasteiger partial charge in [-0.15, -0.1) is 0 Å². The van der Waals surface area contributed by atoms with Gasteiger partial charge in [-0.3, -0.25) is 4.79 Å². The molecule has 0 bridgehead atoms. The number of aryl methyl sites for hydroxylation is 2. The topological polar surface area (TPSA) is 54.3 Å². The van der Waals surface area contributed by atoms with Crippen molar-refractivity contribution in [1.29, 1.82) is 0 Å². The molecule has 0 aliphatic rings. The van der Waals surface area contributed by atoms with Gasteiger partial charge >= 0.3 is 0 Å². The molecule has 0 saturated heterocycles. The van der Waals surface area contributed by atoms with Crippen molar-refractivity contribution in [3.8, 4) is 5.75 Å². The maximum atomic E-state index is 12.2. The van der Waals surface area contributed by atoms with E-state index in [0.717, 1.165) is 5.56 Å². The molecular formula is C14H15ClN2O2. The Labute approximate surface area is 116 Å². The predicted molar refractivity (Wildman–Crippen MR) is 75.9 cm³/mol. The lowest BCUT2D eigenvalue weighted by atomic mass is 10.2. The van der Waals surface area contributed by atoms with E-state index in [1.165, 1.54) is 6.07 Å². The second-order valence-electron chi connectivity index (χ2n) is 4.28. The van der Waals surface area contributed by atoms with E-state index in [9.17, 15) is 9.90 Å². The molecule has 0 spiro atoms. The van der Waals surface area contributed by atoms with E-state index in [2.05, 4.69) is 5.32 Å². The van der Waals surface area contributed by atoms with Crippen LogP contribution in [0.15, 0.2) is 30.5 Å². The minimum atomic E-state index is -0.220. The summed E-state index contributed by atoms with van der Waals surface area (Å²) in [5.41, 5.74) is 1.98. The van der Waals surface area contributed by atoms with Crippen LogP contribution >= 0.6 is 11.6 Å². The van der Waals surface area contributed by atoms with Crippen LogP contribution in [0.25, 0.3) is 0 Å². The molecule has 5 heteroatoms. The molecule has 100 valence electrons. The van der Waals surface area contributed by atoms with Crippen molar-refractivity contribution < 1.29 is 9.90 Å². The van der Waals surface area contributed by atoms with E-state index in [1.54, 1.807) is 29.0 Å². The number of aromatic nitrogens is 1. The van der Waals surface area contributed by atoms with Crippen molar-refractivity contribution in [3.63, 3.8) is 0 Å². The molecule has 2 rings (SSSR count). The normalized spacial score (nSPS) is 10.5. The van der Waals surface area contributed by atoms with Gasteiger partial charge in [0.25, 0.3) is 5.91 Å². The first kappa shape index (κ1) is 13.5. The van der Waals surface area contributed by atoms with Gasteiger partial charge in [-0.25, -0.2) is 0 Å². The third kappa shape index (κ3) is 2.90. The number of anilines is 1. The fourth-order valence-corrected chi connectivity index (χ4v) is 2.12. The Morgan fingerprint density at radius 1 is 1.42 bits per heavy atom. The van der Waals surface area contributed by atoms with Crippen molar-refractivity contribution in [2.75, 3.05) is 5.32 Å². The number of nitrogens with zero attached hydrogens (tertiary/aromatic N) is 1. The Bertz CT molecular complexity index is 620. The SMILES string of the molecule is CCn1cc(Cl)cc1C(=O)Nc1ccc(O)cc1C. The maximum Gasteiger partial charge on any atom is 0.272 e. The number of phenols is 1. The van der Waals surface area contributed by atoms with Crippen LogP contribution in [0.1, 0.15) is 23.0 Å². The molecule has 19 heavy (non-hydrogen) atoms. The van der Waals surface area contributed by atoms with Crippen molar-refractivity contribution in [2.45, 2.75) is 20.4 Å². The van der Waals surface area contributed by atoms with E-state index < -0.39 is 0 Å². The van der Waals surface area contributed by atoms with Crippen LogP contribution in [-0.2, 0) is 6.54 Å². The number of carbonyl (C=O) groups is 1. The predicted octanol–water partition coefficient (Wildman–Crippen LogP) is 3.43. The van der Waals surface area contributed by atoms with Gasteiger partial charge < -0.3 is 15.0 Å². The fraction of sp³-hybridized carbons (Fsp3) is 0.214. The van der Waals surface area contributed by atoms with E-state index >= 15 is 0 Å². The van der Waals surface area contributed by atoms with Gasteiger partial charge in [0.2, 0.25) is 0 Å². The molecule has 1 amide bonds. The summed E-state index contributed by atoms with van der Waals surface area (Å²) >= 11 is 5.91. The summed E-state index contributed by atoms with van der Waals surface area (Å²) in [6, 6.07) is 6.44. The van der Waals surface area contributed by atoms with Gasteiger partial charge in [0.05, 0.1) is 5.02 Å². The molecule has 2 aromatic rings. The quantitative estimate of drug-likeness (QED) is 0.845. The van der Waals surface area contributed by atoms with Crippen LogP contribution in [0.3, 0.4) is 0 Å². The zero-order valence-corrected chi connectivity index (χ0v) is 11.5. The Kier molecular flexibility index (Phi) is 3.81. The first-order chi connectivity index (χ1) is 9.01. The number of halogens is 1. The summed E-state index contributed by atoms with van der Waals surface area (Å²) in [6.07, 6.45) is 1.72. The molecule has 0 unspecified atom stereocenters. The zero-order valence-electron chi connectivity index (χ0n) is 10.8. The Morgan fingerprint density at radius 3 is 2.79 bits per heavy atom. The second-order valence-corrected chi connectivity index (χ2v) is 4.72. The van der Waals surface area contributed by atoms with Crippen molar-refractivity contribution >= 4 is 23.2 Å². The van der Waals surface area contributed by atoms with Gasteiger partial charge in [-0.1, -0.05) is 11.6 Å². The number of rotatable bonds is 3. The Morgan fingerprint density at radius 2 is 2.16 bits per heavy atom. The summed E-state index contributed by atoms with van der Waals surface area (Å²) in [6.45, 7) is 4.43. The van der Waals surface area contributed by atoms with Gasteiger partial charge in [0.1, 0.15) is 11.4 Å². The van der Waals surface area contributed by atoms with Gasteiger partial charge in [0, 0.05) is 18.4 Å². The van der Waals surface area contributed by atoms with Crippen molar-refractivity contribution in [1.82, 2.24) is 4.57 Å². The largest absolute Gasteiger partial charge is 0.508 e. The van der Waals surface area contributed by atoms with Crippen LogP contribution in [-0.4, -0.2) is 15.6 Å². The molecule has 0 aliphatic carbocycles. The van der Waals surface area contributed by atoms with E-state index in [4.69, 9.17) is 11.6 Å². The lowest BCUT2D eigenvalue weighted by Crippen LogP contribution is -2.16. The molecule has 0 atom stereocenters. The Balaban J connectivity index is 2.25. The van der Waals surface area contributed by atoms with E-state index in [1.807, 2.05) is 13.8 Å². The van der Waals surface area contributed by atoms with Gasteiger partial charge in [0.15, 0.2) is 0 Å². The highest BCUT2D eigenvalue weighted by Crippen LogP contribution is 2.21. The van der Waals surface area contributed by atoms with Crippen LogP contribution in [0.4, 0.5) is 5.69 Å². The maximum absolute atomic E-state index is 12.2. The first-order valence-electron chi connectivity index (χ1n) is 5.98. The molecule has 0 saturated carbocycles. The number of hydrogen-bond donors (Lipinski definition) is 2. The molecule has 1 aromatic carbocycles. The number of aromatic hydroxyl groups is 1. The summed E-state index contributed by atoms with van der Waals surface area (Å²) in [5, 5.41) is 12.7. The van der Waals surface area contributed by atoms with Crippen LogP contribution in [0, 0.1) is 6.92 Å². The first-order valence-corrected chi connectivity index (χ1v) is 6.35. The van der Waals surface area contributed by atoms with Gasteiger partial charge in [-0.2, -0.15) is 0 Å². The lowest BCUT2D eigenvalue weighted by molar-refractivity contribution is 0.101. The number of phenolic OH excluding ortho intramolecular Hbond substituents is 1. The molecule has 0 radical (unpaired) electrons. The van der Waals surface area contributed by atoms with Crippen molar-refractivity contribution in [2.24, 2.45) is 0 Å². The zero-order chi connectivity index (χ0) is 14.0. The van der Waals surface area contributed by atoms with Gasteiger partial charge in [-0.05, 0) is 43.7 Å². The number of nitrogens with one attached hydrogen (secondary N) is 1. The fourth-order valence-electron chi connectivity index (χ4n) is 1.90. The van der Waals surface area contributed by atoms with E-state index in [-0.39, 0.29) is 11.7 Å². The second kappa shape index (κ2) is 5.36. The molecule has 1 heterocycles. The summed E-state index contributed by atoms with van der Waals surface area (Å²) in [5.74, 6) is -0.0435. The summed E-state index contributed by atoms with van der Waals surface area (Å²) in [4.78, 5) is 12.2. The molecule has 0 fully saturated rings. The molecule has 0 aliphatic heterocycles. The molecular weight excluding hydrogens is 264 g/mol. The molecule has 4 nitrogen and oxygen atoms in total. The number of carbonyl (C=O) groups excluding carboxylic acids is 1. The minimum absolute atomic E-state index is 0.176. The lowest BCUT2D eigenvalue weighted by Gasteiger charge is -2.10. The third-order valence-corrected chi connectivity index (χ3v) is 3.10. The number of amides is 1. The van der Waals surface area contributed by atoms with Crippen LogP contribution in [0.5, 0.6) is 5.75 Å². The molecule has 2 N–H and O–H groups in total. The average molecular weight is 279 g/mol. The Hall–Kier alpha value is -1.94.